The van der Waals surface area contributed by atoms with Crippen molar-refractivity contribution in [1.29, 1.82) is 0 Å². The van der Waals surface area contributed by atoms with E-state index in [4.69, 9.17) is 78.6 Å². The molecule has 28 nitrogen and oxygen atoms in total. The van der Waals surface area contributed by atoms with Crippen LogP contribution >= 0.6 is 42.6 Å². The molecule has 3 saturated carbocycles. The lowest BCUT2D eigenvalue weighted by Crippen LogP contribution is -2.53. The highest BCUT2D eigenvalue weighted by atomic mass is 35.5. The van der Waals surface area contributed by atoms with Crippen LogP contribution in [0.3, 0.4) is 0 Å². The zero-order chi connectivity index (χ0) is 88.2. The van der Waals surface area contributed by atoms with Crippen LogP contribution in [-0.4, -0.2) is 132 Å². The summed E-state index contributed by atoms with van der Waals surface area (Å²) >= 11 is 19.1. The Balaban J connectivity index is 0.838. The minimum absolute atomic E-state index is 0.0225. The third kappa shape index (κ3) is 15.1. The van der Waals surface area contributed by atoms with Crippen LogP contribution in [0, 0.1) is 66.2 Å². The van der Waals surface area contributed by atoms with Gasteiger partial charge in [-0.2, -0.15) is 28.8 Å². The largest absolute Gasteiger partial charge is 0.480 e. The molecule has 0 bridgehead atoms. The number of amides is 6. The highest BCUT2D eigenvalue weighted by molar-refractivity contribution is 7.48. The number of benzene rings is 3. The average molecular weight is 1750 g/mol. The van der Waals surface area contributed by atoms with Gasteiger partial charge in [0, 0.05) is 84.8 Å². The molecule has 0 radical (unpaired) electrons. The maximum Gasteiger partial charge on any atom is 0.480 e. The molecule has 3 aliphatic heterocycles. The minimum atomic E-state index is -5.71. The number of halogens is 6. The molecule has 3 aromatic carbocycles. The van der Waals surface area contributed by atoms with Crippen molar-refractivity contribution in [2.24, 2.45) is 48.7 Å². The highest BCUT2D eigenvalue weighted by Gasteiger charge is 2.70. The first kappa shape index (κ1) is 86.7. The van der Waals surface area contributed by atoms with Crippen molar-refractivity contribution in [1.82, 2.24) is 58.5 Å². The highest BCUT2D eigenvalue weighted by Crippen LogP contribution is 2.66. The summed E-state index contributed by atoms with van der Waals surface area (Å²) in [5, 5.41) is 34.4. The zero-order valence-corrected chi connectivity index (χ0v) is 74.3. The van der Waals surface area contributed by atoms with Crippen molar-refractivity contribution in [2.45, 2.75) is 181 Å². The van der Waals surface area contributed by atoms with Gasteiger partial charge in [-0.3, -0.25) is 57.0 Å². The fourth-order valence-corrected chi connectivity index (χ4v) is 20.5. The molecule has 6 amide bonds. The predicted molar refractivity (Wildman–Crippen MR) is 462 cm³/mol. The summed E-state index contributed by atoms with van der Waals surface area (Å²) < 4.78 is 86.9. The molecule has 0 spiro atoms. The van der Waals surface area contributed by atoms with E-state index in [0.29, 0.717) is 17.5 Å². The Kier molecular flexibility index (Phi) is 21.7. The maximum absolute atomic E-state index is 16.7. The zero-order valence-electron chi connectivity index (χ0n) is 71.2. The smallest absolute Gasteiger partial charge is 0.367 e. The van der Waals surface area contributed by atoms with Gasteiger partial charge < -0.3 is 31.9 Å². The number of rotatable bonds is 24. The van der Waals surface area contributed by atoms with Crippen LogP contribution in [0.25, 0.3) is 35.2 Å². The van der Waals surface area contributed by atoms with Gasteiger partial charge in [0.2, 0.25) is 17.7 Å². The molecule has 35 heteroatoms. The van der Waals surface area contributed by atoms with E-state index in [9.17, 15) is 0 Å². The average Bonchev–Trinajstić information content (AvgIpc) is 1.54. The van der Waals surface area contributed by atoms with Gasteiger partial charge >= 0.3 is 7.82 Å². The maximum atomic E-state index is 16.7. The lowest BCUT2D eigenvalue weighted by molar-refractivity contribution is -0.153. The lowest BCUT2D eigenvalue weighted by atomic mass is 9.51. The number of aromatic nitrogens is 9. The molecular weight excluding hydrogens is 1650 g/mol. The number of likely N-dealkylation sites (tertiary alicyclic amines) is 3. The van der Waals surface area contributed by atoms with E-state index >= 15 is 46.5 Å². The first-order chi connectivity index (χ1) is 57.0. The van der Waals surface area contributed by atoms with Crippen molar-refractivity contribution in [3.63, 3.8) is 0 Å². The molecule has 9 heterocycles. The lowest BCUT2D eigenvalue weighted by Gasteiger charge is -2.49. The van der Waals surface area contributed by atoms with Gasteiger partial charge in [-0.05, 0) is 144 Å². The second-order valence-corrected chi connectivity index (χ2v) is 41.3. The SMILES string of the molecule is CC(C)(C)C1(C(C)(C)C)C(=O)N(COP(=O)(OCN2C(=O)/C(=C\c3cnn4c(NC5CC5)cc(Nc5cc(Cl)ccc5F)nc34)C(C(C)(C)C)(C(C)(C)C)C2=O)OCN2C(=O)/C(=C\c3cnn4c(NC5CC5)cc(Nc5cc(Cl)ccc5F)nc34)C(C(C)(C)C)(C(C)(C)C)C2=O)C(=O)/C1=C\c1cnn2c(NC3CC3)cc(Nc3cc(Cl)ccc3F)nc12. The van der Waals surface area contributed by atoms with Gasteiger partial charge in [-0.25, -0.2) is 32.7 Å². The Labute approximate surface area is 719 Å². The summed E-state index contributed by atoms with van der Waals surface area (Å²) in [5.74, 6) is -5.21. The second kappa shape index (κ2) is 30.6. The topological polar surface area (TPSA) is 320 Å². The molecule has 6 aromatic heterocycles. The summed E-state index contributed by atoms with van der Waals surface area (Å²) in [6, 6.07) is 17.3. The molecule has 15 rings (SSSR count). The van der Waals surface area contributed by atoms with Crippen LogP contribution < -0.4 is 31.9 Å². The Morgan fingerprint density at radius 1 is 0.402 bits per heavy atom. The molecule has 6 fully saturated rings. The Bertz CT molecular complexity index is 5400. The van der Waals surface area contributed by atoms with Crippen molar-refractivity contribution >= 4 is 165 Å². The van der Waals surface area contributed by atoms with Crippen molar-refractivity contribution in [3.05, 3.63) is 157 Å². The van der Waals surface area contributed by atoms with E-state index in [1.807, 2.05) is 0 Å². The van der Waals surface area contributed by atoms with Crippen LogP contribution in [0.1, 0.15) is 180 Å². The van der Waals surface area contributed by atoms with Crippen molar-refractivity contribution < 1.29 is 60.1 Å². The molecule has 644 valence electrons. The van der Waals surface area contributed by atoms with Gasteiger partial charge in [0.15, 0.2) is 16.9 Å². The van der Waals surface area contributed by atoms with E-state index < -0.39 is 130 Å². The molecule has 3 saturated heterocycles. The molecule has 6 aliphatic rings. The molecule has 122 heavy (non-hydrogen) atoms. The Morgan fingerprint density at radius 2 is 0.639 bits per heavy atom. The molecule has 6 N–H and O–H groups in total. The fraction of sp³-hybridized carbons (Fsp3) is 0.448. The third-order valence-corrected chi connectivity index (χ3v) is 25.9. The van der Waals surface area contributed by atoms with Gasteiger partial charge in [-0.15, -0.1) is 0 Å². The normalized spacial score (nSPS) is 19.0. The number of imide groups is 3. The van der Waals surface area contributed by atoms with E-state index in [0.717, 1.165) is 53.2 Å². The number of hydrogen-bond acceptors (Lipinski definition) is 22. The number of fused-ring (bicyclic) bond motifs is 3. The number of carbonyl (C=O) groups is 6. The van der Waals surface area contributed by atoms with Gasteiger partial charge in [-0.1, -0.05) is 159 Å². The van der Waals surface area contributed by atoms with Crippen LogP contribution in [-0.2, 0) is 46.9 Å². The van der Waals surface area contributed by atoms with Crippen LogP contribution in [0.15, 0.2) is 108 Å². The number of phosphoric ester groups is 1. The molecule has 0 atom stereocenters. The summed E-state index contributed by atoms with van der Waals surface area (Å²) in [7, 11) is -5.71. The molecule has 0 unspecified atom stereocenters. The molecule has 3 aliphatic carbocycles. The Hall–Kier alpha value is -10.3. The van der Waals surface area contributed by atoms with E-state index in [2.05, 4.69) is 31.9 Å². The summed E-state index contributed by atoms with van der Waals surface area (Å²) in [6.45, 7) is 28.6. The van der Waals surface area contributed by atoms with Gasteiger partial charge in [0.05, 0.1) is 51.9 Å². The monoisotopic (exact) mass is 1750 g/mol. The van der Waals surface area contributed by atoms with Crippen LogP contribution in [0.4, 0.5) is 65.1 Å². The number of phosphoric acid groups is 1. The number of anilines is 9. The predicted octanol–water partition coefficient (Wildman–Crippen LogP) is 19.1. The number of nitrogens with zero attached hydrogens (tertiary/aromatic N) is 12. The van der Waals surface area contributed by atoms with E-state index in [-0.39, 0.29) is 118 Å². The van der Waals surface area contributed by atoms with Crippen molar-refractivity contribution in [3.8, 4) is 0 Å². The fourth-order valence-electron chi connectivity index (χ4n) is 18.9. The summed E-state index contributed by atoms with van der Waals surface area (Å²) in [6.07, 6.45) is 14.1. The third-order valence-electron chi connectivity index (χ3n) is 23.9. The second-order valence-electron chi connectivity index (χ2n) is 38.4. The van der Waals surface area contributed by atoms with E-state index in [1.54, 1.807) is 143 Å². The van der Waals surface area contributed by atoms with Crippen molar-refractivity contribution in [2.75, 3.05) is 52.1 Å². The first-order valence-electron chi connectivity index (χ1n) is 40.4. The van der Waals surface area contributed by atoms with Crippen LogP contribution in [0.5, 0.6) is 0 Å². The molecule has 9 aromatic rings. The van der Waals surface area contributed by atoms with Crippen LogP contribution in [0.2, 0.25) is 15.1 Å². The summed E-state index contributed by atoms with van der Waals surface area (Å²) in [4.78, 5) is 114. The number of carbonyl (C=O) groups excluding carboxylic acids is 6. The Morgan fingerprint density at radius 3 is 0.861 bits per heavy atom. The van der Waals surface area contributed by atoms with Gasteiger partial charge in [0.25, 0.3) is 17.7 Å². The number of hydrogen-bond donors (Lipinski definition) is 6. The summed E-state index contributed by atoms with van der Waals surface area (Å²) in [5.41, 5.74) is -11.2. The quantitative estimate of drug-likeness (QED) is 0.0186. The number of nitrogens with one attached hydrogen (secondary N) is 6. The molecular formula is C87H99Cl3F3N18O10P. The van der Waals surface area contributed by atoms with E-state index in [1.165, 1.54) is 105 Å². The van der Waals surface area contributed by atoms with Gasteiger partial charge in [0.1, 0.15) is 72.6 Å². The first-order valence-corrected chi connectivity index (χ1v) is 43.0. The standard InChI is InChI=1S/C87H99Cl3F3N18O10P/c1-79(2,3)85(80(4,5)6)55(31-46-40-94-109-67(97-52-22-23-52)37-64(103-70(46)109)100-61-34-49(88)19-28-58(61)91)73(112)106(76(85)115)43-119-122(118,120-44-107-74(113)56(86(77(107)116,81(7,8)9)82(10,11)12)32-47-41-95-110-68(98-53-24-25-53)38-65(104-71(47)110)101-62-35-50(89)20-29-59(62)92)121-45-108-75(114)57(87(78(108)117,83(13,14)15)84(16,17)18)33-48-42-96-111-69(99-54-26-27-54)39-66(105-72(48)111)102-63-36-51(90)21-30-60(63)93/h19-21,28-42,52-54,97-99H,22-27,43-45H2,1-18H3,(H,100,103)(H,101,104)(H,102,105)/b55-31+,56-32+,57-33+. The minimum Gasteiger partial charge on any atom is -0.367 e.